The first-order chi connectivity index (χ1) is 10.1. The molecule has 0 saturated carbocycles. The van der Waals surface area contributed by atoms with Gasteiger partial charge < -0.3 is 15.5 Å². The van der Waals surface area contributed by atoms with E-state index in [9.17, 15) is 4.79 Å². The van der Waals surface area contributed by atoms with Crippen molar-refractivity contribution in [3.05, 3.63) is 35.9 Å². The Balaban J connectivity index is 1.63. The van der Waals surface area contributed by atoms with E-state index in [1.165, 1.54) is 5.56 Å². The molecule has 21 heavy (non-hydrogen) atoms. The lowest BCUT2D eigenvalue weighted by molar-refractivity contribution is -0.120. The van der Waals surface area contributed by atoms with E-state index in [-0.39, 0.29) is 11.9 Å². The number of nitrogens with zero attached hydrogens (tertiary/aromatic N) is 1. The third-order valence-electron chi connectivity index (χ3n) is 3.83. The molecule has 4 nitrogen and oxygen atoms in total. The molecule has 1 saturated heterocycles. The Morgan fingerprint density at radius 2 is 2.10 bits per heavy atom. The van der Waals surface area contributed by atoms with Crippen LogP contribution in [0.5, 0.6) is 0 Å². The number of rotatable bonds is 7. The standard InChI is InChI=1S/C17H27N3O/c1-14(2)19-17(21)12-18-16-9-11-20(13-16)10-8-15-6-4-3-5-7-15/h3-7,14,16,18H,8-13H2,1-2H3,(H,19,21). The van der Waals surface area contributed by atoms with Gasteiger partial charge in [0.15, 0.2) is 0 Å². The van der Waals surface area contributed by atoms with E-state index in [0.29, 0.717) is 12.6 Å². The van der Waals surface area contributed by atoms with Gasteiger partial charge in [-0.3, -0.25) is 4.79 Å². The van der Waals surface area contributed by atoms with Crippen molar-refractivity contribution in [2.24, 2.45) is 0 Å². The fraction of sp³-hybridized carbons (Fsp3) is 0.588. The van der Waals surface area contributed by atoms with Crippen molar-refractivity contribution < 1.29 is 4.79 Å². The van der Waals surface area contributed by atoms with E-state index in [1.54, 1.807) is 0 Å². The quantitative estimate of drug-likeness (QED) is 0.798. The van der Waals surface area contributed by atoms with Crippen LogP contribution in [0.15, 0.2) is 30.3 Å². The average molecular weight is 289 g/mol. The molecule has 4 heteroatoms. The monoisotopic (exact) mass is 289 g/mol. The summed E-state index contributed by atoms with van der Waals surface area (Å²) >= 11 is 0. The second kappa shape index (κ2) is 8.15. The van der Waals surface area contributed by atoms with Crippen LogP contribution in [0.3, 0.4) is 0 Å². The molecule has 1 heterocycles. The second-order valence-electron chi connectivity index (χ2n) is 6.12. The average Bonchev–Trinajstić information content (AvgIpc) is 2.91. The van der Waals surface area contributed by atoms with Gasteiger partial charge in [0, 0.05) is 25.2 Å². The van der Waals surface area contributed by atoms with Gasteiger partial charge in [-0.15, -0.1) is 0 Å². The zero-order valence-electron chi connectivity index (χ0n) is 13.1. The summed E-state index contributed by atoms with van der Waals surface area (Å²) in [7, 11) is 0. The molecule has 1 aliphatic heterocycles. The van der Waals surface area contributed by atoms with Gasteiger partial charge in [-0.25, -0.2) is 0 Å². The normalized spacial score (nSPS) is 19.1. The molecule has 1 unspecified atom stereocenters. The Kier molecular flexibility index (Phi) is 6.21. The van der Waals surface area contributed by atoms with Gasteiger partial charge in [0.2, 0.25) is 5.91 Å². The third-order valence-corrected chi connectivity index (χ3v) is 3.83. The SMILES string of the molecule is CC(C)NC(=O)CNC1CCN(CCc2ccccc2)C1. The van der Waals surface area contributed by atoms with Gasteiger partial charge in [-0.2, -0.15) is 0 Å². The fourth-order valence-electron chi connectivity index (χ4n) is 2.74. The Morgan fingerprint density at radius 1 is 1.33 bits per heavy atom. The van der Waals surface area contributed by atoms with E-state index >= 15 is 0 Å². The number of likely N-dealkylation sites (tertiary alicyclic amines) is 1. The van der Waals surface area contributed by atoms with Gasteiger partial charge in [-0.05, 0) is 38.8 Å². The lowest BCUT2D eigenvalue weighted by Crippen LogP contribution is -2.42. The molecule has 1 aromatic rings. The smallest absolute Gasteiger partial charge is 0.234 e. The van der Waals surface area contributed by atoms with Crippen molar-refractivity contribution in [1.82, 2.24) is 15.5 Å². The number of hydrogen-bond acceptors (Lipinski definition) is 3. The molecule has 0 radical (unpaired) electrons. The lowest BCUT2D eigenvalue weighted by Gasteiger charge is -2.17. The Morgan fingerprint density at radius 3 is 2.81 bits per heavy atom. The lowest BCUT2D eigenvalue weighted by atomic mass is 10.1. The van der Waals surface area contributed by atoms with Crippen LogP contribution < -0.4 is 10.6 Å². The second-order valence-corrected chi connectivity index (χ2v) is 6.12. The molecular weight excluding hydrogens is 262 g/mol. The summed E-state index contributed by atoms with van der Waals surface area (Å²) in [6, 6.07) is 11.3. The number of benzene rings is 1. The molecule has 0 bridgehead atoms. The number of hydrogen-bond donors (Lipinski definition) is 2. The van der Waals surface area contributed by atoms with Crippen molar-refractivity contribution in [3.8, 4) is 0 Å². The zero-order chi connectivity index (χ0) is 15.1. The van der Waals surface area contributed by atoms with E-state index in [4.69, 9.17) is 0 Å². The number of nitrogens with one attached hydrogen (secondary N) is 2. The van der Waals surface area contributed by atoms with Gasteiger partial charge in [-0.1, -0.05) is 30.3 Å². The summed E-state index contributed by atoms with van der Waals surface area (Å²) in [4.78, 5) is 14.1. The Bertz CT molecular complexity index is 433. The van der Waals surface area contributed by atoms with Crippen LogP contribution in [0.2, 0.25) is 0 Å². The molecule has 1 aliphatic rings. The van der Waals surface area contributed by atoms with Crippen LogP contribution in [-0.2, 0) is 11.2 Å². The molecule has 2 rings (SSSR count). The molecule has 1 aromatic carbocycles. The highest BCUT2D eigenvalue weighted by Gasteiger charge is 2.22. The molecule has 2 N–H and O–H groups in total. The molecule has 0 aromatic heterocycles. The highest BCUT2D eigenvalue weighted by molar-refractivity contribution is 5.78. The van der Waals surface area contributed by atoms with Crippen molar-refractivity contribution >= 4 is 5.91 Å². The summed E-state index contributed by atoms with van der Waals surface area (Å²) in [6.07, 6.45) is 2.23. The third kappa shape index (κ3) is 5.86. The van der Waals surface area contributed by atoms with Gasteiger partial charge in [0.05, 0.1) is 6.54 Å². The van der Waals surface area contributed by atoms with Crippen molar-refractivity contribution in [3.63, 3.8) is 0 Å². The van der Waals surface area contributed by atoms with Crippen LogP contribution in [0.25, 0.3) is 0 Å². The van der Waals surface area contributed by atoms with Crippen LogP contribution >= 0.6 is 0 Å². The van der Waals surface area contributed by atoms with Crippen LogP contribution in [-0.4, -0.2) is 49.1 Å². The first kappa shape index (κ1) is 16.0. The maximum atomic E-state index is 11.6. The van der Waals surface area contributed by atoms with Gasteiger partial charge in [0.1, 0.15) is 0 Å². The summed E-state index contributed by atoms with van der Waals surface area (Å²) in [6.45, 7) is 7.66. The van der Waals surface area contributed by atoms with Crippen molar-refractivity contribution in [1.29, 1.82) is 0 Å². The maximum absolute atomic E-state index is 11.6. The van der Waals surface area contributed by atoms with E-state index in [1.807, 2.05) is 13.8 Å². The fourth-order valence-corrected chi connectivity index (χ4v) is 2.74. The Hall–Kier alpha value is -1.39. The van der Waals surface area contributed by atoms with Crippen LogP contribution in [0, 0.1) is 0 Å². The number of carbonyl (C=O) groups excluding carboxylic acids is 1. The molecule has 0 aliphatic carbocycles. The molecule has 1 fully saturated rings. The minimum atomic E-state index is 0.0905. The predicted octanol–water partition coefficient (Wildman–Crippen LogP) is 1.42. The maximum Gasteiger partial charge on any atom is 0.234 e. The van der Waals surface area contributed by atoms with Crippen LogP contribution in [0.1, 0.15) is 25.8 Å². The van der Waals surface area contributed by atoms with Crippen molar-refractivity contribution in [2.45, 2.75) is 38.8 Å². The highest BCUT2D eigenvalue weighted by Crippen LogP contribution is 2.10. The summed E-state index contributed by atoms with van der Waals surface area (Å²) < 4.78 is 0. The predicted molar refractivity (Wildman–Crippen MR) is 86.3 cm³/mol. The van der Waals surface area contributed by atoms with Gasteiger partial charge >= 0.3 is 0 Å². The first-order valence-corrected chi connectivity index (χ1v) is 7.92. The largest absolute Gasteiger partial charge is 0.353 e. The number of amides is 1. The zero-order valence-corrected chi connectivity index (χ0v) is 13.1. The molecule has 1 amide bonds. The molecular formula is C17H27N3O. The first-order valence-electron chi connectivity index (χ1n) is 7.92. The van der Waals surface area contributed by atoms with Crippen LogP contribution in [0.4, 0.5) is 0 Å². The Labute approximate surface area is 127 Å². The molecule has 1 atom stereocenters. The minimum absolute atomic E-state index is 0.0905. The topological polar surface area (TPSA) is 44.4 Å². The molecule has 0 spiro atoms. The number of carbonyl (C=O) groups is 1. The molecule has 116 valence electrons. The minimum Gasteiger partial charge on any atom is -0.353 e. The summed E-state index contributed by atoms with van der Waals surface area (Å²) in [5, 5.41) is 6.27. The van der Waals surface area contributed by atoms with E-state index in [2.05, 4.69) is 45.9 Å². The highest BCUT2D eigenvalue weighted by atomic mass is 16.1. The van der Waals surface area contributed by atoms with Gasteiger partial charge in [0.25, 0.3) is 0 Å². The summed E-state index contributed by atoms with van der Waals surface area (Å²) in [5.74, 6) is 0.0905. The van der Waals surface area contributed by atoms with Crippen molar-refractivity contribution in [2.75, 3.05) is 26.2 Å². The van der Waals surface area contributed by atoms with E-state index < -0.39 is 0 Å². The van der Waals surface area contributed by atoms with E-state index in [0.717, 1.165) is 32.5 Å². The summed E-state index contributed by atoms with van der Waals surface area (Å²) in [5.41, 5.74) is 1.39.